The van der Waals surface area contributed by atoms with Crippen LogP contribution in [0.25, 0.3) is 0 Å². The van der Waals surface area contributed by atoms with Gasteiger partial charge in [0.25, 0.3) is 0 Å². The summed E-state index contributed by atoms with van der Waals surface area (Å²) in [5.74, 6) is 0.153. The Morgan fingerprint density at radius 1 is 1.17 bits per heavy atom. The van der Waals surface area contributed by atoms with Crippen molar-refractivity contribution in [2.75, 3.05) is 12.8 Å². The molecule has 0 aromatic heterocycles. The lowest BCUT2D eigenvalue weighted by Crippen LogP contribution is -2.49. The van der Waals surface area contributed by atoms with Crippen molar-refractivity contribution in [1.82, 2.24) is 5.32 Å². The lowest BCUT2D eigenvalue weighted by atomic mass is 9.80. The molecule has 2 fully saturated rings. The molecule has 0 saturated heterocycles. The standard InChI is InChI=1S/C14H26N2OS/c1-18-14(8-5-9-14)11-16-12(17)10-13(15)6-3-2-4-7-13/h2-11,15H2,1H3,(H,16,17). The van der Waals surface area contributed by atoms with Gasteiger partial charge in [-0.05, 0) is 31.9 Å². The van der Waals surface area contributed by atoms with E-state index in [0.29, 0.717) is 11.2 Å². The summed E-state index contributed by atoms with van der Waals surface area (Å²) in [5.41, 5.74) is 6.08. The van der Waals surface area contributed by atoms with Crippen LogP contribution in [0.5, 0.6) is 0 Å². The molecule has 4 heteroatoms. The Bertz CT molecular complexity index is 291. The van der Waals surface area contributed by atoms with Crippen molar-refractivity contribution < 1.29 is 4.79 Å². The third-order valence-electron chi connectivity index (χ3n) is 4.67. The zero-order chi connectivity index (χ0) is 13.1. The van der Waals surface area contributed by atoms with Crippen LogP contribution in [-0.2, 0) is 4.79 Å². The highest BCUT2D eigenvalue weighted by Gasteiger charge is 2.37. The van der Waals surface area contributed by atoms with Crippen molar-refractivity contribution in [3.63, 3.8) is 0 Å². The molecule has 2 aliphatic carbocycles. The summed E-state index contributed by atoms with van der Waals surface area (Å²) in [6.45, 7) is 0.822. The molecule has 0 aliphatic heterocycles. The first-order valence-electron chi connectivity index (χ1n) is 7.18. The highest BCUT2D eigenvalue weighted by atomic mass is 32.2. The van der Waals surface area contributed by atoms with Crippen LogP contribution in [0.4, 0.5) is 0 Å². The Labute approximate surface area is 115 Å². The molecular formula is C14H26N2OS. The van der Waals surface area contributed by atoms with Crippen LogP contribution < -0.4 is 11.1 Å². The summed E-state index contributed by atoms with van der Waals surface area (Å²) in [6.07, 6.45) is 12.1. The fourth-order valence-corrected chi connectivity index (χ4v) is 4.01. The second-order valence-corrected chi connectivity index (χ2v) is 7.39. The minimum absolute atomic E-state index is 0.153. The second-order valence-electron chi connectivity index (χ2n) is 6.12. The van der Waals surface area contributed by atoms with E-state index >= 15 is 0 Å². The first-order chi connectivity index (χ1) is 8.58. The lowest BCUT2D eigenvalue weighted by molar-refractivity contribution is -0.122. The molecule has 0 aromatic carbocycles. The van der Waals surface area contributed by atoms with Crippen LogP contribution in [0.1, 0.15) is 57.8 Å². The van der Waals surface area contributed by atoms with Crippen LogP contribution in [0, 0.1) is 0 Å². The number of nitrogens with two attached hydrogens (primary N) is 1. The normalized spacial score (nSPS) is 25.2. The number of amides is 1. The summed E-state index contributed by atoms with van der Waals surface area (Å²) in [5, 5.41) is 3.11. The van der Waals surface area contributed by atoms with Crippen LogP contribution in [-0.4, -0.2) is 29.0 Å². The summed E-state index contributed by atoms with van der Waals surface area (Å²) in [7, 11) is 0. The van der Waals surface area contributed by atoms with Crippen molar-refractivity contribution in [3.05, 3.63) is 0 Å². The van der Waals surface area contributed by atoms with Crippen LogP contribution in [0.3, 0.4) is 0 Å². The molecule has 0 aromatic rings. The number of hydrogen-bond acceptors (Lipinski definition) is 3. The number of hydrogen-bond donors (Lipinski definition) is 2. The van der Waals surface area contributed by atoms with Gasteiger partial charge in [0.2, 0.25) is 5.91 Å². The molecule has 0 atom stereocenters. The molecule has 0 spiro atoms. The van der Waals surface area contributed by atoms with Gasteiger partial charge in [0.05, 0.1) is 0 Å². The van der Waals surface area contributed by atoms with E-state index in [-0.39, 0.29) is 11.4 Å². The smallest absolute Gasteiger partial charge is 0.221 e. The Morgan fingerprint density at radius 3 is 2.33 bits per heavy atom. The molecule has 1 amide bonds. The molecule has 0 heterocycles. The lowest BCUT2D eigenvalue weighted by Gasteiger charge is -2.41. The molecule has 0 unspecified atom stereocenters. The molecule has 18 heavy (non-hydrogen) atoms. The van der Waals surface area contributed by atoms with E-state index in [1.807, 2.05) is 11.8 Å². The summed E-state index contributed by atoms with van der Waals surface area (Å²) in [6, 6.07) is 0. The summed E-state index contributed by atoms with van der Waals surface area (Å²) in [4.78, 5) is 12.0. The monoisotopic (exact) mass is 270 g/mol. The molecule has 2 saturated carbocycles. The van der Waals surface area contributed by atoms with Crippen LogP contribution in [0.2, 0.25) is 0 Å². The number of carbonyl (C=O) groups is 1. The van der Waals surface area contributed by atoms with E-state index in [9.17, 15) is 4.79 Å². The topological polar surface area (TPSA) is 55.1 Å². The zero-order valence-corrected chi connectivity index (χ0v) is 12.3. The van der Waals surface area contributed by atoms with Crippen molar-refractivity contribution >= 4 is 17.7 Å². The highest BCUT2D eigenvalue weighted by molar-refractivity contribution is 8.00. The maximum Gasteiger partial charge on any atom is 0.221 e. The van der Waals surface area contributed by atoms with E-state index in [4.69, 9.17) is 5.73 Å². The molecule has 104 valence electrons. The van der Waals surface area contributed by atoms with Gasteiger partial charge in [0.1, 0.15) is 0 Å². The summed E-state index contributed by atoms with van der Waals surface area (Å²) < 4.78 is 0.323. The van der Waals surface area contributed by atoms with Gasteiger partial charge in [-0.15, -0.1) is 0 Å². The van der Waals surface area contributed by atoms with Crippen LogP contribution >= 0.6 is 11.8 Å². The second kappa shape index (κ2) is 5.83. The van der Waals surface area contributed by atoms with E-state index in [1.54, 1.807) is 0 Å². The Morgan fingerprint density at radius 2 is 1.83 bits per heavy atom. The average Bonchev–Trinajstić information content (AvgIpc) is 2.28. The Balaban J connectivity index is 1.74. The van der Waals surface area contributed by atoms with Gasteiger partial charge in [0, 0.05) is 23.3 Å². The third-order valence-corrected chi connectivity index (χ3v) is 6.09. The first kappa shape index (κ1) is 14.2. The quantitative estimate of drug-likeness (QED) is 0.807. The SMILES string of the molecule is CSC1(CNC(=O)CC2(N)CCCCC2)CCC1. The molecule has 2 aliphatic rings. The minimum atomic E-state index is -0.228. The maximum atomic E-state index is 12.0. The Hall–Kier alpha value is -0.220. The highest BCUT2D eigenvalue weighted by Crippen LogP contribution is 2.42. The molecule has 3 N–H and O–H groups in total. The average molecular weight is 270 g/mol. The largest absolute Gasteiger partial charge is 0.355 e. The van der Waals surface area contributed by atoms with Crippen molar-refractivity contribution in [2.45, 2.75) is 68.1 Å². The fourth-order valence-electron chi connectivity index (χ4n) is 3.10. The van der Waals surface area contributed by atoms with Gasteiger partial charge in [-0.2, -0.15) is 11.8 Å². The predicted molar refractivity (Wildman–Crippen MR) is 77.7 cm³/mol. The fraction of sp³-hybridized carbons (Fsp3) is 0.929. The van der Waals surface area contributed by atoms with Gasteiger partial charge >= 0.3 is 0 Å². The number of thioether (sulfide) groups is 1. The number of rotatable bonds is 5. The van der Waals surface area contributed by atoms with Crippen LogP contribution in [0.15, 0.2) is 0 Å². The third kappa shape index (κ3) is 3.41. The predicted octanol–water partition coefficient (Wildman–Crippen LogP) is 2.44. The van der Waals surface area contributed by atoms with E-state index < -0.39 is 0 Å². The molecule has 2 rings (SSSR count). The Kier molecular flexibility index (Phi) is 4.59. The van der Waals surface area contributed by atoms with Crippen molar-refractivity contribution in [1.29, 1.82) is 0 Å². The van der Waals surface area contributed by atoms with Gasteiger partial charge in [-0.1, -0.05) is 25.7 Å². The molecule has 0 bridgehead atoms. The van der Waals surface area contributed by atoms with E-state index in [1.165, 1.54) is 38.5 Å². The van der Waals surface area contributed by atoms with Crippen molar-refractivity contribution in [2.24, 2.45) is 5.73 Å². The minimum Gasteiger partial charge on any atom is -0.355 e. The van der Waals surface area contributed by atoms with E-state index in [0.717, 1.165) is 19.4 Å². The van der Waals surface area contributed by atoms with Gasteiger partial charge in [-0.25, -0.2) is 0 Å². The molecule has 0 radical (unpaired) electrons. The van der Waals surface area contributed by atoms with Gasteiger partial charge < -0.3 is 11.1 Å². The summed E-state index contributed by atoms with van der Waals surface area (Å²) >= 11 is 1.90. The molecule has 3 nitrogen and oxygen atoms in total. The molecular weight excluding hydrogens is 244 g/mol. The van der Waals surface area contributed by atoms with Gasteiger partial charge in [-0.3, -0.25) is 4.79 Å². The van der Waals surface area contributed by atoms with Crippen molar-refractivity contribution in [3.8, 4) is 0 Å². The zero-order valence-electron chi connectivity index (χ0n) is 11.5. The number of nitrogens with one attached hydrogen (secondary N) is 1. The first-order valence-corrected chi connectivity index (χ1v) is 8.41. The number of carbonyl (C=O) groups excluding carboxylic acids is 1. The maximum absolute atomic E-state index is 12.0. The van der Waals surface area contributed by atoms with Gasteiger partial charge in [0.15, 0.2) is 0 Å². The van der Waals surface area contributed by atoms with E-state index in [2.05, 4.69) is 11.6 Å².